The lowest BCUT2D eigenvalue weighted by Crippen LogP contribution is -1.96. The summed E-state index contributed by atoms with van der Waals surface area (Å²) in [4.78, 5) is 9.34. The van der Waals surface area contributed by atoms with Crippen molar-refractivity contribution in [3.63, 3.8) is 0 Å². The highest BCUT2D eigenvalue weighted by molar-refractivity contribution is 8.38. The van der Waals surface area contributed by atoms with Crippen LogP contribution >= 0.6 is 34.9 Å². The molecule has 0 atom stereocenters. The molecule has 0 bridgehead atoms. The zero-order valence-corrected chi connectivity index (χ0v) is 14.0. The van der Waals surface area contributed by atoms with Gasteiger partial charge in [-0.05, 0) is 23.8 Å². The summed E-state index contributed by atoms with van der Waals surface area (Å²) in [5, 5.41) is 3.02. The van der Waals surface area contributed by atoms with Gasteiger partial charge in [-0.15, -0.1) is 11.3 Å². The lowest BCUT2D eigenvalue weighted by atomic mass is 10.2. The van der Waals surface area contributed by atoms with Crippen LogP contribution in [0.3, 0.4) is 0 Å². The molecule has 0 N–H and O–H groups in total. The lowest BCUT2D eigenvalue weighted by Gasteiger charge is -2.13. The summed E-state index contributed by atoms with van der Waals surface area (Å²) in [5.41, 5.74) is 3.48. The van der Waals surface area contributed by atoms with Crippen molar-refractivity contribution in [1.29, 1.82) is 0 Å². The normalized spacial score (nSPS) is 13.7. The summed E-state index contributed by atoms with van der Waals surface area (Å²) in [6.45, 7) is 0. The Morgan fingerprint density at radius 3 is 3.05 bits per heavy atom. The second-order valence-electron chi connectivity index (χ2n) is 4.71. The molecular formula is C16H12N2OS3. The molecule has 0 saturated heterocycles. The lowest BCUT2D eigenvalue weighted by molar-refractivity contribution is 0.581. The number of nitrogens with zero attached hydrogens (tertiary/aromatic N) is 2. The minimum absolute atomic E-state index is 0.833. The zero-order valence-electron chi connectivity index (χ0n) is 11.6. The first-order valence-electron chi connectivity index (χ1n) is 6.79. The van der Waals surface area contributed by atoms with E-state index in [2.05, 4.69) is 28.6 Å². The summed E-state index contributed by atoms with van der Waals surface area (Å²) in [6, 6.07) is 12.1. The number of aromatic nitrogens is 1. The molecule has 0 aliphatic carbocycles. The first kappa shape index (κ1) is 14.1. The van der Waals surface area contributed by atoms with Crippen molar-refractivity contribution in [3.8, 4) is 10.8 Å². The van der Waals surface area contributed by atoms with Gasteiger partial charge in [-0.2, -0.15) is 0 Å². The Balaban J connectivity index is 1.44. The van der Waals surface area contributed by atoms with Gasteiger partial charge in [0, 0.05) is 16.9 Å². The number of hydrogen-bond acceptors (Lipinski definition) is 6. The molecular weight excluding hydrogens is 332 g/mol. The van der Waals surface area contributed by atoms with E-state index in [0.29, 0.717) is 0 Å². The van der Waals surface area contributed by atoms with Crippen molar-refractivity contribution in [1.82, 2.24) is 4.98 Å². The number of thiazole rings is 1. The van der Waals surface area contributed by atoms with Gasteiger partial charge in [0.05, 0.1) is 17.6 Å². The number of aliphatic imine (C=N–C) groups is 1. The maximum atomic E-state index is 5.38. The molecule has 2 aromatic heterocycles. The smallest absolute Gasteiger partial charge is 0.162 e. The highest BCUT2D eigenvalue weighted by atomic mass is 32.2. The van der Waals surface area contributed by atoms with Crippen molar-refractivity contribution in [3.05, 3.63) is 59.3 Å². The van der Waals surface area contributed by atoms with Crippen LogP contribution in [0.2, 0.25) is 0 Å². The zero-order chi connectivity index (χ0) is 14.8. The molecule has 0 fully saturated rings. The van der Waals surface area contributed by atoms with Crippen molar-refractivity contribution < 1.29 is 4.42 Å². The fourth-order valence-electron chi connectivity index (χ4n) is 2.11. The highest BCUT2D eigenvalue weighted by Gasteiger charge is 2.14. The fraction of sp³-hybridized carbons (Fsp3) is 0.125. The Labute approximate surface area is 140 Å². The Bertz CT molecular complexity index is 808. The van der Waals surface area contributed by atoms with Crippen molar-refractivity contribution in [2.45, 2.75) is 11.5 Å². The third-order valence-corrected chi connectivity index (χ3v) is 6.37. The molecule has 0 spiro atoms. The van der Waals surface area contributed by atoms with Crippen LogP contribution < -0.4 is 0 Å². The molecule has 0 amide bonds. The number of thioether (sulfide) groups is 2. The van der Waals surface area contributed by atoms with Crippen LogP contribution in [0.5, 0.6) is 0 Å². The molecule has 1 aromatic carbocycles. The average molecular weight is 344 g/mol. The molecule has 3 aromatic rings. The third kappa shape index (κ3) is 2.99. The number of benzene rings is 1. The SMILES string of the molecule is c1coc(-c2nc(CSC3=Nc4ccccc4CS3)cs2)c1. The number of furan rings is 1. The minimum atomic E-state index is 0.833. The van der Waals surface area contributed by atoms with Gasteiger partial charge in [0.1, 0.15) is 4.38 Å². The van der Waals surface area contributed by atoms with Crippen molar-refractivity contribution in [2.75, 3.05) is 0 Å². The van der Waals surface area contributed by atoms with E-state index in [9.17, 15) is 0 Å². The van der Waals surface area contributed by atoms with Gasteiger partial charge >= 0.3 is 0 Å². The van der Waals surface area contributed by atoms with E-state index >= 15 is 0 Å². The molecule has 4 rings (SSSR count). The number of rotatable bonds is 3. The van der Waals surface area contributed by atoms with Gasteiger partial charge in [-0.25, -0.2) is 9.98 Å². The second kappa shape index (κ2) is 6.32. The Kier molecular flexibility index (Phi) is 4.05. The largest absolute Gasteiger partial charge is 0.462 e. The van der Waals surface area contributed by atoms with E-state index < -0.39 is 0 Å². The molecule has 0 radical (unpaired) electrons. The van der Waals surface area contributed by atoms with E-state index in [-0.39, 0.29) is 0 Å². The predicted octanol–water partition coefficient (Wildman–Crippen LogP) is 5.57. The molecule has 1 aliphatic heterocycles. The summed E-state index contributed by atoms with van der Waals surface area (Å²) >= 11 is 5.17. The third-order valence-electron chi connectivity index (χ3n) is 3.18. The monoisotopic (exact) mass is 344 g/mol. The van der Waals surface area contributed by atoms with Crippen LogP contribution in [0.15, 0.2) is 57.5 Å². The molecule has 3 heterocycles. The quantitative estimate of drug-likeness (QED) is 0.622. The first-order chi connectivity index (χ1) is 10.9. The van der Waals surface area contributed by atoms with Crippen molar-refractivity contribution in [2.24, 2.45) is 4.99 Å². The molecule has 110 valence electrons. The van der Waals surface area contributed by atoms with E-state index in [1.54, 1.807) is 41.1 Å². The molecule has 3 nitrogen and oxygen atoms in total. The Morgan fingerprint density at radius 2 is 2.14 bits per heavy atom. The van der Waals surface area contributed by atoms with E-state index in [4.69, 9.17) is 9.41 Å². The predicted molar refractivity (Wildman–Crippen MR) is 95.9 cm³/mol. The Morgan fingerprint density at radius 1 is 1.18 bits per heavy atom. The molecule has 22 heavy (non-hydrogen) atoms. The summed E-state index contributed by atoms with van der Waals surface area (Å²) in [7, 11) is 0. The summed E-state index contributed by atoms with van der Waals surface area (Å²) < 4.78 is 6.50. The van der Waals surface area contributed by atoms with E-state index in [1.165, 1.54) is 5.56 Å². The number of hydrogen-bond donors (Lipinski definition) is 0. The highest BCUT2D eigenvalue weighted by Crippen LogP contribution is 2.35. The summed E-state index contributed by atoms with van der Waals surface area (Å²) in [5.74, 6) is 2.67. The Hall–Kier alpha value is -1.50. The number of fused-ring (bicyclic) bond motifs is 1. The summed E-state index contributed by atoms with van der Waals surface area (Å²) in [6.07, 6.45) is 1.68. The van der Waals surface area contributed by atoms with E-state index in [0.717, 1.165) is 38.0 Å². The van der Waals surface area contributed by atoms with Gasteiger partial charge in [0.25, 0.3) is 0 Å². The topological polar surface area (TPSA) is 38.4 Å². The minimum Gasteiger partial charge on any atom is -0.462 e. The van der Waals surface area contributed by atoms with Crippen molar-refractivity contribution >= 4 is 44.9 Å². The van der Waals surface area contributed by atoms with Crippen LogP contribution in [-0.4, -0.2) is 9.36 Å². The molecule has 6 heteroatoms. The van der Waals surface area contributed by atoms with Gasteiger partial charge in [-0.1, -0.05) is 41.7 Å². The van der Waals surface area contributed by atoms with Gasteiger partial charge < -0.3 is 4.42 Å². The standard InChI is InChI=1S/C16H12N2OS3/c1-2-5-13-11(4-1)8-21-16(18-13)22-10-12-9-20-15(17-12)14-6-3-7-19-14/h1-7,9H,8,10H2. The maximum absolute atomic E-state index is 5.38. The van der Waals surface area contributed by atoms with Crippen LogP contribution in [0.1, 0.15) is 11.3 Å². The van der Waals surface area contributed by atoms with Crippen LogP contribution in [0.4, 0.5) is 5.69 Å². The van der Waals surface area contributed by atoms with Gasteiger partial charge in [0.15, 0.2) is 10.8 Å². The van der Waals surface area contributed by atoms with Crippen LogP contribution in [0.25, 0.3) is 10.8 Å². The fourth-order valence-corrected chi connectivity index (χ4v) is 4.95. The van der Waals surface area contributed by atoms with Crippen LogP contribution in [0, 0.1) is 0 Å². The number of para-hydroxylation sites is 1. The van der Waals surface area contributed by atoms with Gasteiger partial charge in [0.2, 0.25) is 0 Å². The van der Waals surface area contributed by atoms with Gasteiger partial charge in [-0.3, -0.25) is 0 Å². The average Bonchev–Trinajstić information content (AvgIpc) is 3.24. The first-order valence-corrected chi connectivity index (χ1v) is 9.64. The molecule has 0 saturated carbocycles. The second-order valence-corrected chi connectivity index (χ2v) is 7.75. The van der Waals surface area contributed by atoms with E-state index in [1.807, 2.05) is 18.2 Å². The van der Waals surface area contributed by atoms with Crippen LogP contribution in [-0.2, 0) is 11.5 Å². The molecule has 1 aliphatic rings. The molecule has 0 unspecified atom stereocenters. The maximum Gasteiger partial charge on any atom is 0.162 e.